The summed E-state index contributed by atoms with van der Waals surface area (Å²) in [5.41, 5.74) is 3.62. The molecule has 1 atom stereocenters. The number of hydrogen-bond acceptors (Lipinski definition) is 2. The van der Waals surface area contributed by atoms with Gasteiger partial charge in [-0.2, -0.15) is 0 Å². The Kier molecular flexibility index (Phi) is 10.9. The van der Waals surface area contributed by atoms with Crippen molar-refractivity contribution < 1.29 is 21.8 Å². The maximum atomic E-state index is 5.97. The zero-order valence-corrected chi connectivity index (χ0v) is 24.0. The van der Waals surface area contributed by atoms with Gasteiger partial charge >= 0.3 is 17.1 Å². The Morgan fingerprint density at radius 3 is 1.95 bits per heavy atom. The smallest absolute Gasteiger partial charge is 0.473 e. The molecular formula is C32H27BrFeNOP+2. The van der Waals surface area contributed by atoms with Gasteiger partial charge in [-0.1, -0.05) is 72.8 Å². The van der Waals surface area contributed by atoms with Crippen molar-refractivity contribution in [3.8, 4) is 0 Å². The summed E-state index contributed by atoms with van der Waals surface area (Å²) in [7, 11) is -0.658. The largest absolute Gasteiger partial charge is 2.00 e. The van der Waals surface area contributed by atoms with Gasteiger partial charge in [-0.15, -0.1) is 0 Å². The van der Waals surface area contributed by atoms with Crippen LogP contribution in [0.5, 0.6) is 0 Å². The van der Waals surface area contributed by atoms with Crippen LogP contribution in [0.4, 0.5) is 0 Å². The summed E-state index contributed by atoms with van der Waals surface area (Å²) in [5.74, 6) is 1.99. The molecule has 0 saturated heterocycles. The van der Waals surface area contributed by atoms with E-state index in [2.05, 4.69) is 109 Å². The molecule has 6 rings (SSSR count). The molecule has 3 aliphatic rings. The number of aliphatic imine (C=N–C) groups is 1. The van der Waals surface area contributed by atoms with Gasteiger partial charge in [-0.25, -0.2) is 4.99 Å². The summed E-state index contributed by atoms with van der Waals surface area (Å²) in [6.45, 7) is 2.74. The van der Waals surface area contributed by atoms with Crippen LogP contribution >= 0.6 is 23.9 Å². The topological polar surface area (TPSA) is 21.6 Å². The third kappa shape index (κ3) is 6.96. The summed E-state index contributed by atoms with van der Waals surface area (Å²) < 4.78 is 7.00. The summed E-state index contributed by atoms with van der Waals surface area (Å²) >= 11 is 3.67. The summed E-state index contributed by atoms with van der Waals surface area (Å²) in [5, 5.41) is 2.70. The number of hydrogen-bond donors (Lipinski definition) is 0. The van der Waals surface area contributed by atoms with Gasteiger partial charge in [0.05, 0.1) is 11.6 Å². The van der Waals surface area contributed by atoms with Crippen LogP contribution in [0.25, 0.3) is 0 Å². The van der Waals surface area contributed by atoms with Gasteiger partial charge < -0.3 is 4.74 Å². The van der Waals surface area contributed by atoms with Crippen LogP contribution in [0.2, 0.25) is 0 Å². The second-order valence-corrected chi connectivity index (χ2v) is 11.5. The van der Waals surface area contributed by atoms with E-state index in [1.165, 1.54) is 27.7 Å². The van der Waals surface area contributed by atoms with Crippen molar-refractivity contribution in [2.24, 2.45) is 4.99 Å². The quantitative estimate of drug-likeness (QED) is 0.226. The molecule has 10 radical (unpaired) electrons. The van der Waals surface area contributed by atoms with Crippen LogP contribution in [0, 0.1) is 62.9 Å². The summed E-state index contributed by atoms with van der Waals surface area (Å²) in [4.78, 5) is 5.03. The van der Waals surface area contributed by atoms with Crippen LogP contribution in [0.1, 0.15) is 18.1 Å². The second kappa shape index (κ2) is 14.1. The van der Waals surface area contributed by atoms with Crippen LogP contribution in [0.15, 0.2) is 88.3 Å². The molecule has 2 saturated carbocycles. The van der Waals surface area contributed by atoms with Gasteiger partial charge in [0.2, 0.25) is 5.90 Å². The van der Waals surface area contributed by atoms with Gasteiger partial charge in [0, 0.05) is 21.6 Å². The summed E-state index contributed by atoms with van der Waals surface area (Å²) in [6.07, 6.45) is 16.6. The average Bonchev–Trinajstić information content (AvgIpc) is 3.70. The fourth-order valence-electron chi connectivity index (χ4n) is 4.38. The molecule has 2 aliphatic carbocycles. The molecule has 0 amide bonds. The fraction of sp³-hybridized carbons (Fsp3) is 0.0938. The first kappa shape index (κ1) is 28.6. The molecule has 0 N–H and O–H groups in total. The zero-order valence-electron chi connectivity index (χ0n) is 20.4. The molecule has 0 unspecified atom stereocenters. The second-order valence-electron chi connectivity index (χ2n) is 8.51. The standard InChI is InChI=1S/C27H22BrNOP.C5H5.Fe/c1-19(29-27-26-20(18-30-27)10-8-16-24(26)28)23-15-9-17-25(23)31(21-11-4-2-5-12-21)22-13-6-3-7-14-22;1-2-4-5-3-1;/h2-17,19H,18H2,1H3;1-5H;/q;;+2/t19-;;/m1../s1. The third-order valence-electron chi connectivity index (χ3n) is 6.09. The Labute approximate surface area is 243 Å². The molecule has 184 valence electrons. The summed E-state index contributed by atoms with van der Waals surface area (Å²) in [6, 6.07) is 27.8. The van der Waals surface area contributed by atoms with E-state index in [1.807, 2.05) is 44.2 Å². The molecule has 37 heavy (non-hydrogen) atoms. The van der Waals surface area contributed by atoms with Crippen molar-refractivity contribution in [3.63, 3.8) is 0 Å². The molecule has 0 spiro atoms. The SMILES string of the molecule is C[C@@H](N=C1OCc2cccc(Br)c21)[C]1[CH][CH][CH][C]1P(c1ccccc1)c1ccccc1.[CH]1[CH][CH][CH][CH]1.[Fe+2]. The van der Waals surface area contributed by atoms with Crippen molar-refractivity contribution in [2.45, 2.75) is 19.6 Å². The number of rotatable bonds is 5. The zero-order chi connectivity index (χ0) is 24.7. The molecule has 0 aromatic heterocycles. The van der Waals surface area contributed by atoms with Gasteiger partial charge in [-0.05, 0) is 98.8 Å². The van der Waals surface area contributed by atoms with Gasteiger partial charge in [-0.3, -0.25) is 0 Å². The van der Waals surface area contributed by atoms with Crippen molar-refractivity contribution in [2.75, 3.05) is 0 Å². The predicted octanol–water partition coefficient (Wildman–Crippen LogP) is 7.00. The minimum atomic E-state index is -0.658. The average molecular weight is 608 g/mol. The number of nitrogens with zero attached hydrogens (tertiary/aromatic N) is 1. The molecule has 0 bridgehead atoms. The van der Waals surface area contributed by atoms with Crippen LogP contribution in [-0.2, 0) is 28.4 Å². The molecule has 2 fully saturated rings. The maximum Gasteiger partial charge on any atom is 2.00 e. The van der Waals surface area contributed by atoms with Crippen molar-refractivity contribution in [1.29, 1.82) is 0 Å². The maximum absolute atomic E-state index is 5.97. The van der Waals surface area contributed by atoms with Gasteiger partial charge in [0.25, 0.3) is 0 Å². The number of halogens is 1. The minimum Gasteiger partial charge on any atom is -0.473 e. The number of ether oxygens (including phenoxy) is 1. The number of benzene rings is 3. The van der Waals surface area contributed by atoms with Crippen LogP contribution in [0.3, 0.4) is 0 Å². The minimum absolute atomic E-state index is 0. The molecule has 3 aromatic rings. The van der Waals surface area contributed by atoms with Crippen molar-refractivity contribution >= 4 is 40.4 Å². The Morgan fingerprint density at radius 2 is 1.35 bits per heavy atom. The van der Waals surface area contributed by atoms with Crippen molar-refractivity contribution in [3.05, 3.63) is 157 Å². The van der Waals surface area contributed by atoms with E-state index in [4.69, 9.17) is 9.73 Å². The Morgan fingerprint density at radius 1 is 0.757 bits per heavy atom. The molecule has 1 heterocycles. The van der Waals surface area contributed by atoms with E-state index >= 15 is 0 Å². The van der Waals surface area contributed by atoms with E-state index in [-0.39, 0.29) is 23.1 Å². The Hall–Kier alpha value is -1.44. The Balaban J connectivity index is 0.000000479. The third-order valence-corrected chi connectivity index (χ3v) is 9.27. The Bertz CT molecular complexity index is 1100. The fourth-order valence-corrected chi connectivity index (χ4v) is 7.50. The first-order valence-corrected chi connectivity index (χ1v) is 14.2. The predicted molar refractivity (Wildman–Crippen MR) is 155 cm³/mol. The molecule has 5 heteroatoms. The van der Waals surface area contributed by atoms with Gasteiger partial charge in [0.15, 0.2) is 0 Å². The monoisotopic (exact) mass is 607 g/mol. The van der Waals surface area contributed by atoms with E-state index in [0.29, 0.717) is 6.61 Å². The van der Waals surface area contributed by atoms with E-state index in [0.717, 1.165) is 15.9 Å². The van der Waals surface area contributed by atoms with Crippen LogP contribution < -0.4 is 10.6 Å². The molecule has 1 aliphatic heterocycles. The normalized spacial score (nSPS) is 19.2. The molecule has 3 aromatic carbocycles. The van der Waals surface area contributed by atoms with E-state index in [1.54, 1.807) is 0 Å². The first-order valence-electron chi connectivity index (χ1n) is 12.0. The number of fused-ring (bicyclic) bond motifs is 1. The van der Waals surface area contributed by atoms with Gasteiger partial charge in [0.1, 0.15) is 6.61 Å². The molecular weight excluding hydrogens is 581 g/mol. The van der Waals surface area contributed by atoms with E-state index < -0.39 is 7.92 Å². The molecule has 2 nitrogen and oxygen atoms in total. The van der Waals surface area contributed by atoms with Crippen LogP contribution in [-0.4, -0.2) is 11.9 Å². The van der Waals surface area contributed by atoms with Crippen molar-refractivity contribution in [1.82, 2.24) is 0 Å². The van der Waals surface area contributed by atoms with E-state index in [9.17, 15) is 0 Å². The first-order chi connectivity index (χ1) is 17.7.